The molecule has 78 valence electrons. The molecule has 1 heterocycles. The van der Waals surface area contributed by atoms with E-state index in [0.717, 1.165) is 4.47 Å². The van der Waals surface area contributed by atoms with Gasteiger partial charge in [0.25, 0.3) is 0 Å². The van der Waals surface area contributed by atoms with Gasteiger partial charge in [-0.3, -0.25) is 9.48 Å². The van der Waals surface area contributed by atoms with Crippen LogP contribution >= 0.6 is 15.9 Å². The van der Waals surface area contributed by atoms with Crippen molar-refractivity contribution in [1.82, 2.24) is 14.7 Å². The molecule has 5 heteroatoms. The van der Waals surface area contributed by atoms with Gasteiger partial charge >= 0.3 is 0 Å². The minimum Gasteiger partial charge on any atom is -0.302 e. The average molecular weight is 260 g/mol. The van der Waals surface area contributed by atoms with Gasteiger partial charge in [0.1, 0.15) is 5.69 Å². The maximum absolute atomic E-state index is 11.8. The highest BCUT2D eigenvalue weighted by atomic mass is 79.9. The predicted octanol–water partition coefficient (Wildman–Crippen LogP) is 1.41. The van der Waals surface area contributed by atoms with Crippen molar-refractivity contribution in [2.45, 2.75) is 13.5 Å². The van der Waals surface area contributed by atoms with Gasteiger partial charge in [-0.1, -0.05) is 0 Å². The van der Waals surface area contributed by atoms with Crippen LogP contribution in [0.15, 0.2) is 10.7 Å². The summed E-state index contributed by atoms with van der Waals surface area (Å²) in [6.07, 6.45) is 1.66. The zero-order chi connectivity index (χ0) is 10.7. The molecule has 0 radical (unpaired) electrons. The maximum atomic E-state index is 11.8. The van der Waals surface area contributed by atoms with Crippen molar-refractivity contribution in [1.29, 1.82) is 0 Å². The van der Waals surface area contributed by atoms with Gasteiger partial charge in [-0.05, 0) is 36.9 Å². The summed E-state index contributed by atoms with van der Waals surface area (Å²) in [5, 5.41) is 4.09. The third-order valence-corrected chi connectivity index (χ3v) is 2.40. The SMILES string of the molecule is CCn1ncc(Br)c1C(=O)CN(C)C. The molecule has 0 aliphatic rings. The molecule has 0 N–H and O–H groups in total. The van der Waals surface area contributed by atoms with E-state index in [0.29, 0.717) is 18.8 Å². The highest BCUT2D eigenvalue weighted by Crippen LogP contribution is 2.16. The van der Waals surface area contributed by atoms with Gasteiger partial charge < -0.3 is 4.90 Å². The van der Waals surface area contributed by atoms with Crippen molar-refractivity contribution in [2.75, 3.05) is 20.6 Å². The number of aromatic nitrogens is 2. The predicted molar refractivity (Wildman–Crippen MR) is 58.5 cm³/mol. The van der Waals surface area contributed by atoms with Crippen LogP contribution in [0.25, 0.3) is 0 Å². The van der Waals surface area contributed by atoms with Crippen molar-refractivity contribution in [2.24, 2.45) is 0 Å². The molecule has 1 rings (SSSR count). The van der Waals surface area contributed by atoms with Gasteiger partial charge in [0.15, 0.2) is 5.78 Å². The van der Waals surface area contributed by atoms with Gasteiger partial charge in [0.2, 0.25) is 0 Å². The lowest BCUT2D eigenvalue weighted by molar-refractivity contribution is 0.0946. The van der Waals surface area contributed by atoms with Crippen molar-refractivity contribution in [3.63, 3.8) is 0 Å². The van der Waals surface area contributed by atoms with Crippen LogP contribution in [0.4, 0.5) is 0 Å². The standard InChI is InChI=1S/C9H14BrN3O/c1-4-13-9(7(10)5-11-13)8(14)6-12(2)3/h5H,4,6H2,1-3H3. The number of carbonyl (C=O) groups is 1. The van der Waals surface area contributed by atoms with E-state index in [1.807, 2.05) is 25.9 Å². The molecule has 0 aliphatic heterocycles. The van der Waals surface area contributed by atoms with E-state index < -0.39 is 0 Å². The van der Waals surface area contributed by atoms with E-state index >= 15 is 0 Å². The van der Waals surface area contributed by atoms with E-state index in [-0.39, 0.29) is 5.78 Å². The fourth-order valence-corrected chi connectivity index (χ4v) is 1.76. The molecule has 0 bridgehead atoms. The number of ketones is 1. The molecule has 0 unspecified atom stereocenters. The zero-order valence-electron chi connectivity index (χ0n) is 8.62. The molecule has 0 saturated carbocycles. The van der Waals surface area contributed by atoms with E-state index in [1.165, 1.54) is 0 Å². The lowest BCUT2D eigenvalue weighted by atomic mass is 10.2. The molecule has 0 aromatic carbocycles. The van der Waals surface area contributed by atoms with Gasteiger partial charge in [-0.25, -0.2) is 0 Å². The fraction of sp³-hybridized carbons (Fsp3) is 0.556. The largest absolute Gasteiger partial charge is 0.302 e. The zero-order valence-corrected chi connectivity index (χ0v) is 10.2. The van der Waals surface area contributed by atoms with Gasteiger partial charge in [0.05, 0.1) is 17.2 Å². The fourth-order valence-electron chi connectivity index (χ4n) is 1.24. The molecule has 1 aromatic rings. The summed E-state index contributed by atoms with van der Waals surface area (Å²) >= 11 is 3.33. The molecular weight excluding hydrogens is 246 g/mol. The van der Waals surface area contributed by atoms with E-state index in [2.05, 4.69) is 21.0 Å². The van der Waals surface area contributed by atoms with E-state index in [9.17, 15) is 4.79 Å². The molecule has 0 aliphatic carbocycles. The molecule has 0 spiro atoms. The lowest BCUT2D eigenvalue weighted by Crippen LogP contribution is -2.24. The Balaban J connectivity index is 2.93. The Hall–Kier alpha value is -0.680. The Morgan fingerprint density at radius 1 is 1.64 bits per heavy atom. The smallest absolute Gasteiger partial charge is 0.195 e. The number of halogens is 1. The first-order valence-electron chi connectivity index (χ1n) is 4.45. The molecule has 0 saturated heterocycles. The monoisotopic (exact) mass is 259 g/mol. The third-order valence-electron chi connectivity index (χ3n) is 1.82. The highest BCUT2D eigenvalue weighted by molar-refractivity contribution is 9.10. The summed E-state index contributed by atoms with van der Waals surface area (Å²) in [6, 6.07) is 0. The number of hydrogen-bond donors (Lipinski definition) is 0. The second-order valence-electron chi connectivity index (χ2n) is 3.32. The van der Waals surface area contributed by atoms with Crippen LogP contribution in [0.2, 0.25) is 0 Å². The van der Waals surface area contributed by atoms with Crippen molar-refractivity contribution in [3.05, 3.63) is 16.4 Å². The van der Waals surface area contributed by atoms with Crippen LogP contribution in [0, 0.1) is 0 Å². The van der Waals surface area contributed by atoms with Crippen LogP contribution in [-0.2, 0) is 6.54 Å². The van der Waals surface area contributed by atoms with Gasteiger partial charge in [-0.15, -0.1) is 0 Å². The number of hydrogen-bond acceptors (Lipinski definition) is 3. The average Bonchev–Trinajstić information content (AvgIpc) is 2.45. The minimum atomic E-state index is 0.0845. The number of carbonyl (C=O) groups excluding carboxylic acids is 1. The number of aryl methyl sites for hydroxylation is 1. The summed E-state index contributed by atoms with van der Waals surface area (Å²) in [4.78, 5) is 13.6. The summed E-state index contributed by atoms with van der Waals surface area (Å²) in [7, 11) is 3.75. The first-order valence-corrected chi connectivity index (χ1v) is 5.24. The Kier molecular flexibility index (Phi) is 3.83. The highest BCUT2D eigenvalue weighted by Gasteiger charge is 2.16. The van der Waals surface area contributed by atoms with Crippen LogP contribution in [0.1, 0.15) is 17.4 Å². The number of rotatable bonds is 4. The molecule has 0 atom stereocenters. The van der Waals surface area contributed by atoms with Crippen LogP contribution in [0.3, 0.4) is 0 Å². The summed E-state index contributed by atoms with van der Waals surface area (Å²) in [6.45, 7) is 3.08. The summed E-state index contributed by atoms with van der Waals surface area (Å²) in [5.41, 5.74) is 0.654. The van der Waals surface area contributed by atoms with E-state index in [1.54, 1.807) is 10.9 Å². The normalized spacial score (nSPS) is 10.9. The van der Waals surface area contributed by atoms with Crippen LogP contribution in [-0.4, -0.2) is 41.1 Å². The number of nitrogens with zero attached hydrogens (tertiary/aromatic N) is 3. The van der Waals surface area contributed by atoms with Crippen LogP contribution in [0.5, 0.6) is 0 Å². The second-order valence-corrected chi connectivity index (χ2v) is 4.17. The quantitative estimate of drug-likeness (QED) is 0.768. The topological polar surface area (TPSA) is 38.1 Å². The first-order chi connectivity index (χ1) is 6.56. The summed E-state index contributed by atoms with van der Waals surface area (Å²) < 4.78 is 2.47. The number of Topliss-reactive ketones (excluding diaryl/α,β-unsaturated/α-hetero) is 1. The lowest BCUT2D eigenvalue weighted by Gasteiger charge is -2.09. The number of likely N-dealkylation sites (N-methyl/N-ethyl adjacent to an activating group) is 1. The van der Waals surface area contributed by atoms with Crippen molar-refractivity contribution in [3.8, 4) is 0 Å². The first kappa shape index (κ1) is 11.4. The van der Waals surface area contributed by atoms with Crippen molar-refractivity contribution >= 4 is 21.7 Å². The second kappa shape index (κ2) is 4.70. The molecule has 14 heavy (non-hydrogen) atoms. The molecule has 0 fully saturated rings. The third kappa shape index (κ3) is 2.42. The molecule has 0 amide bonds. The maximum Gasteiger partial charge on any atom is 0.195 e. The van der Waals surface area contributed by atoms with Gasteiger partial charge in [-0.2, -0.15) is 5.10 Å². The Labute approximate surface area is 92.0 Å². The minimum absolute atomic E-state index is 0.0845. The van der Waals surface area contributed by atoms with Gasteiger partial charge in [0, 0.05) is 6.54 Å². The Morgan fingerprint density at radius 3 is 2.79 bits per heavy atom. The van der Waals surface area contributed by atoms with Crippen molar-refractivity contribution < 1.29 is 4.79 Å². The Bertz CT molecular complexity index is 333. The molecule has 4 nitrogen and oxygen atoms in total. The van der Waals surface area contributed by atoms with Crippen LogP contribution < -0.4 is 0 Å². The summed E-state index contributed by atoms with van der Waals surface area (Å²) in [5.74, 6) is 0.0845. The molecular formula is C9H14BrN3O. The molecule has 1 aromatic heterocycles. The Morgan fingerprint density at radius 2 is 2.29 bits per heavy atom. The van der Waals surface area contributed by atoms with E-state index in [4.69, 9.17) is 0 Å².